The highest BCUT2D eigenvalue weighted by atomic mass is 35.5. The van der Waals surface area contributed by atoms with Crippen LogP contribution in [0, 0.1) is 16.6 Å². The standard InChI is InChI=1S/C32H33ClFN3O4/c1-5-32(41)18-12-22-27-17(14-37(22)28(39)15(18)7-9-23(32)38)25-20(36-29(40)31(10-11-31)30(2,3)4)8-6-16-24(25)21(35-27)13-19(34)26(16)33/h12-13,20,41H,5-11,14H2,1-4H3,(H,36,40)/t20-,32-/m0/s1. The van der Waals surface area contributed by atoms with E-state index >= 15 is 4.39 Å². The highest BCUT2D eigenvalue weighted by molar-refractivity contribution is 6.32. The second kappa shape index (κ2) is 8.48. The molecule has 1 aromatic carbocycles. The van der Waals surface area contributed by atoms with Gasteiger partial charge in [-0.3, -0.25) is 14.4 Å². The molecule has 0 bridgehead atoms. The zero-order valence-electron chi connectivity index (χ0n) is 23.7. The molecule has 0 unspecified atom stereocenters. The summed E-state index contributed by atoms with van der Waals surface area (Å²) in [6.45, 7) is 8.24. The number of aromatic nitrogens is 2. The molecule has 0 radical (unpaired) electrons. The molecule has 41 heavy (non-hydrogen) atoms. The smallest absolute Gasteiger partial charge is 0.254 e. The van der Waals surface area contributed by atoms with Gasteiger partial charge in [-0.05, 0) is 61.1 Å². The first-order valence-electron chi connectivity index (χ1n) is 14.5. The van der Waals surface area contributed by atoms with E-state index in [9.17, 15) is 19.5 Å². The van der Waals surface area contributed by atoms with Crippen molar-refractivity contribution in [3.05, 3.63) is 61.1 Å². The normalized spacial score (nSPS) is 23.7. The summed E-state index contributed by atoms with van der Waals surface area (Å²) in [5, 5.41) is 15.5. The number of pyridine rings is 2. The van der Waals surface area contributed by atoms with Crippen LogP contribution in [0.5, 0.6) is 0 Å². The van der Waals surface area contributed by atoms with Gasteiger partial charge in [-0.15, -0.1) is 0 Å². The largest absolute Gasteiger partial charge is 0.377 e. The Morgan fingerprint density at radius 1 is 1.17 bits per heavy atom. The van der Waals surface area contributed by atoms with Gasteiger partial charge in [0.1, 0.15) is 11.4 Å². The summed E-state index contributed by atoms with van der Waals surface area (Å²) in [4.78, 5) is 45.2. The van der Waals surface area contributed by atoms with E-state index in [1.54, 1.807) is 17.6 Å². The number of amides is 1. The molecule has 0 spiro atoms. The summed E-state index contributed by atoms with van der Waals surface area (Å²) in [7, 11) is 0. The summed E-state index contributed by atoms with van der Waals surface area (Å²) in [5.41, 5.74) is 1.87. The molecule has 0 saturated heterocycles. The van der Waals surface area contributed by atoms with Crippen molar-refractivity contribution in [2.45, 2.75) is 90.8 Å². The van der Waals surface area contributed by atoms with Crippen molar-refractivity contribution < 1.29 is 19.1 Å². The quantitative estimate of drug-likeness (QED) is 0.346. The second-order valence-corrected chi connectivity index (χ2v) is 13.6. The third-order valence-electron chi connectivity index (χ3n) is 10.3. The average molecular weight is 578 g/mol. The SMILES string of the molecule is CC[C@@]1(O)C(=O)CCc2c1cc1n(c2=O)Cc2c-1nc1cc(F)c(Cl)c3c1c2[C@@H](NC(=O)C1(C(C)(C)C)CC1)CC3. The van der Waals surface area contributed by atoms with Crippen LogP contribution in [0.2, 0.25) is 5.02 Å². The Hall–Kier alpha value is -3.10. The van der Waals surface area contributed by atoms with Gasteiger partial charge in [0, 0.05) is 34.6 Å². The monoisotopic (exact) mass is 577 g/mol. The van der Waals surface area contributed by atoms with E-state index in [0.29, 0.717) is 46.4 Å². The molecular weight excluding hydrogens is 545 g/mol. The van der Waals surface area contributed by atoms with Gasteiger partial charge >= 0.3 is 0 Å². The average Bonchev–Trinajstić information content (AvgIpc) is 3.68. The van der Waals surface area contributed by atoms with E-state index in [1.807, 2.05) is 0 Å². The number of rotatable bonds is 3. The van der Waals surface area contributed by atoms with Crippen molar-refractivity contribution >= 4 is 34.2 Å². The number of nitrogens with zero attached hydrogens (tertiary/aromatic N) is 2. The maximum absolute atomic E-state index is 15.0. The van der Waals surface area contributed by atoms with E-state index in [-0.39, 0.29) is 59.5 Å². The van der Waals surface area contributed by atoms with E-state index in [4.69, 9.17) is 16.6 Å². The van der Waals surface area contributed by atoms with Crippen LogP contribution in [-0.2, 0) is 34.6 Å². The number of carbonyl (C=O) groups excluding carboxylic acids is 2. The third kappa shape index (κ3) is 3.46. The zero-order chi connectivity index (χ0) is 29.2. The third-order valence-corrected chi connectivity index (χ3v) is 10.8. The number of carbonyl (C=O) groups is 2. The Morgan fingerprint density at radius 3 is 2.56 bits per heavy atom. The van der Waals surface area contributed by atoms with Crippen LogP contribution in [0.4, 0.5) is 4.39 Å². The first kappa shape index (κ1) is 26.8. The lowest BCUT2D eigenvalue weighted by atomic mass is 9.76. The summed E-state index contributed by atoms with van der Waals surface area (Å²) in [5.74, 6) is -0.847. The van der Waals surface area contributed by atoms with Crippen molar-refractivity contribution in [2.75, 3.05) is 0 Å². The van der Waals surface area contributed by atoms with Gasteiger partial charge in [-0.2, -0.15) is 0 Å². The number of aryl methyl sites for hydroxylation is 1. The number of ketones is 1. The van der Waals surface area contributed by atoms with Crippen LogP contribution < -0.4 is 10.9 Å². The molecule has 1 fully saturated rings. The fraction of sp³-hybridized carbons (Fsp3) is 0.500. The van der Waals surface area contributed by atoms with E-state index in [0.717, 1.165) is 29.4 Å². The molecule has 3 aromatic rings. The molecule has 1 aliphatic heterocycles. The fourth-order valence-electron chi connectivity index (χ4n) is 7.62. The molecule has 1 amide bonds. The Kier molecular flexibility index (Phi) is 5.54. The molecule has 3 aliphatic carbocycles. The first-order chi connectivity index (χ1) is 19.3. The predicted octanol–water partition coefficient (Wildman–Crippen LogP) is 5.26. The number of benzene rings is 1. The first-order valence-corrected chi connectivity index (χ1v) is 14.9. The summed E-state index contributed by atoms with van der Waals surface area (Å²) < 4.78 is 16.7. The molecule has 9 heteroatoms. The molecule has 4 aliphatic rings. The molecule has 2 aromatic heterocycles. The number of nitrogens with one attached hydrogen (secondary N) is 1. The topological polar surface area (TPSA) is 101 Å². The van der Waals surface area contributed by atoms with Gasteiger partial charge in [0.2, 0.25) is 5.91 Å². The van der Waals surface area contributed by atoms with Crippen LogP contribution in [0.3, 0.4) is 0 Å². The molecule has 2 N–H and O–H groups in total. The maximum atomic E-state index is 15.0. The Balaban J connectivity index is 1.45. The maximum Gasteiger partial charge on any atom is 0.254 e. The molecule has 3 heterocycles. The van der Waals surface area contributed by atoms with Crippen LogP contribution in [-0.4, -0.2) is 26.3 Å². The molecular formula is C32H33ClFN3O4. The summed E-state index contributed by atoms with van der Waals surface area (Å²) in [6.07, 6.45) is 3.22. The zero-order valence-corrected chi connectivity index (χ0v) is 24.5. The minimum atomic E-state index is -1.73. The molecule has 7 nitrogen and oxygen atoms in total. The highest BCUT2D eigenvalue weighted by Crippen LogP contribution is 2.59. The van der Waals surface area contributed by atoms with Crippen LogP contribution >= 0.6 is 11.6 Å². The van der Waals surface area contributed by atoms with E-state index < -0.39 is 16.8 Å². The predicted molar refractivity (Wildman–Crippen MR) is 153 cm³/mol. The fourth-order valence-corrected chi connectivity index (χ4v) is 7.86. The summed E-state index contributed by atoms with van der Waals surface area (Å²) in [6, 6.07) is 2.68. The van der Waals surface area contributed by atoms with Crippen LogP contribution in [0.15, 0.2) is 16.9 Å². The van der Waals surface area contributed by atoms with Gasteiger partial charge in [0.25, 0.3) is 5.56 Å². The number of halogens is 2. The number of Topliss-reactive ketones (excluding diaryl/α,β-unsaturated/α-hetero) is 1. The minimum Gasteiger partial charge on any atom is -0.377 e. The molecule has 2 atom stereocenters. The van der Waals surface area contributed by atoms with Gasteiger partial charge < -0.3 is 15.0 Å². The van der Waals surface area contributed by atoms with Crippen molar-refractivity contribution in [2.24, 2.45) is 10.8 Å². The molecule has 7 rings (SSSR count). The summed E-state index contributed by atoms with van der Waals surface area (Å²) >= 11 is 6.48. The number of fused-ring (bicyclic) bond motifs is 5. The van der Waals surface area contributed by atoms with Crippen molar-refractivity contribution in [3.8, 4) is 11.4 Å². The second-order valence-electron chi connectivity index (χ2n) is 13.2. The number of hydrogen-bond acceptors (Lipinski definition) is 5. The van der Waals surface area contributed by atoms with E-state index in [2.05, 4.69) is 26.1 Å². The molecule has 214 valence electrons. The Labute approximate surface area is 242 Å². The molecule has 1 saturated carbocycles. The Morgan fingerprint density at radius 2 is 1.90 bits per heavy atom. The lowest BCUT2D eigenvalue weighted by Gasteiger charge is -2.34. The van der Waals surface area contributed by atoms with Crippen LogP contribution in [0.25, 0.3) is 22.3 Å². The van der Waals surface area contributed by atoms with Crippen molar-refractivity contribution in [3.63, 3.8) is 0 Å². The lowest BCUT2D eigenvalue weighted by Crippen LogP contribution is -2.43. The number of hydrogen-bond donors (Lipinski definition) is 2. The van der Waals surface area contributed by atoms with Crippen molar-refractivity contribution in [1.82, 2.24) is 14.9 Å². The number of aliphatic hydroxyl groups is 1. The highest BCUT2D eigenvalue weighted by Gasteiger charge is 2.58. The van der Waals surface area contributed by atoms with Crippen LogP contribution in [0.1, 0.15) is 93.7 Å². The minimum absolute atomic E-state index is 0.0139. The lowest BCUT2D eigenvalue weighted by molar-refractivity contribution is -0.140. The van der Waals surface area contributed by atoms with Gasteiger partial charge in [-0.25, -0.2) is 9.37 Å². The van der Waals surface area contributed by atoms with Gasteiger partial charge in [-0.1, -0.05) is 39.3 Å². The van der Waals surface area contributed by atoms with E-state index in [1.165, 1.54) is 6.07 Å². The van der Waals surface area contributed by atoms with Crippen molar-refractivity contribution in [1.29, 1.82) is 0 Å². The van der Waals surface area contributed by atoms with Gasteiger partial charge in [0.15, 0.2) is 5.78 Å². The Bertz CT molecular complexity index is 1780. The van der Waals surface area contributed by atoms with Gasteiger partial charge in [0.05, 0.1) is 39.9 Å².